The molecular formula is C28H33FN8OS. The van der Waals surface area contributed by atoms with Gasteiger partial charge in [-0.3, -0.25) is 9.80 Å². The zero-order valence-electron chi connectivity index (χ0n) is 22.2. The maximum absolute atomic E-state index is 15.0. The third kappa shape index (κ3) is 5.04. The highest BCUT2D eigenvalue weighted by atomic mass is 32.1. The average Bonchev–Trinajstić information content (AvgIpc) is 3.56. The van der Waals surface area contributed by atoms with Crippen LogP contribution in [0, 0.1) is 6.92 Å². The van der Waals surface area contributed by atoms with E-state index in [4.69, 9.17) is 24.8 Å². The molecule has 204 valence electrons. The molecule has 1 aromatic carbocycles. The Kier molecular flexibility index (Phi) is 6.75. The van der Waals surface area contributed by atoms with E-state index in [-0.39, 0.29) is 6.04 Å². The summed E-state index contributed by atoms with van der Waals surface area (Å²) in [6, 6.07) is 10.4. The number of anilines is 1. The fourth-order valence-corrected chi connectivity index (χ4v) is 6.74. The van der Waals surface area contributed by atoms with E-state index in [1.165, 1.54) is 12.0 Å². The van der Waals surface area contributed by atoms with Gasteiger partial charge in [-0.05, 0) is 45.0 Å². The molecule has 0 spiro atoms. The quantitative estimate of drug-likeness (QED) is 0.361. The van der Waals surface area contributed by atoms with Crippen molar-refractivity contribution in [3.8, 4) is 17.2 Å². The van der Waals surface area contributed by atoms with Gasteiger partial charge in [-0.2, -0.15) is 15.1 Å². The molecule has 3 fully saturated rings. The van der Waals surface area contributed by atoms with E-state index in [2.05, 4.69) is 39.8 Å². The van der Waals surface area contributed by atoms with Crippen molar-refractivity contribution in [3.05, 3.63) is 47.1 Å². The van der Waals surface area contributed by atoms with E-state index >= 15 is 4.39 Å². The predicted molar refractivity (Wildman–Crippen MR) is 150 cm³/mol. The lowest BCUT2D eigenvalue weighted by molar-refractivity contribution is 0.00203. The normalized spacial score (nSPS) is 22.9. The molecule has 39 heavy (non-hydrogen) atoms. The number of aryl methyl sites for hydroxylation is 1. The first-order valence-corrected chi connectivity index (χ1v) is 14.7. The summed E-state index contributed by atoms with van der Waals surface area (Å²) in [6.07, 6.45) is 3.16. The maximum atomic E-state index is 15.0. The van der Waals surface area contributed by atoms with Gasteiger partial charge in [0.25, 0.3) is 5.95 Å². The molecule has 0 bridgehead atoms. The molecule has 2 unspecified atom stereocenters. The number of fused-ring (bicyclic) bond motifs is 1. The fraction of sp³-hybridized carbons (Fsp3) is 0.500. The number of alkyl halides is 1. The molecule has 0 radical (unpaired) electrons. The third-order valence-electron chi connectivity index (χ3n) is 8.00. The highest BCUT2D eigenvalue weighted by Crippen LogP contribution is 2.32. The van der Waals surface area contributed by atoms with E-state index in [1.807, 2.05) is 18.3 Å². The molecule has 2 atom stereocenters. The van der Waals surface area contributed by atoms with Crippen molar-refractivity contribution in [2.24, 2.45) is 0 Å². The third-order valence-corrected chi connectivity index (χ3v) is 8.94. The molecule has 3 aromatic heterocycles. The number of halogens is 1. The van der Waals surface area contributed by atoms with Crippen LogP contribution in [0.1, 0.15) is 23.4 Å². The number of hydrogen-bond acceptors (Lipinski definition) is 9. The number of nitrogens with zero attached hydrogens (tertiary/aromatic N) is 8. The van der Waals surface area contributed by atoms with Crippen molar-refractivity contribution in [2.45, 2.75) is 38.5 Å². The number of thiazole rings is 1. The van der Waals surface area contributed by atoms with Gasteiger partial charge in [0, 0.05) is 44.0 Å². The summed E-state index contributed by atoms with van der Waals surface area (Å²) in [5, 5.41) is 5.75. The van der Waals surface area contributed by atoms with Crippen molar-refractivity contribution in [2.75, 3.05) is 57.4 Å². The van der Waals surface area contributed by atoms with E-state index in [9.17, 15) is 0 Å². The topological polar surface area (TPSA) is 75.4 Å². The van der Waals surface area contributed by atoms with Crippen LogP contribution in [0.5, 0.6) is 0 Å². The highest BCUT2D eigenvalue weighted by Gasteiger charge is 2.36. The number of piperidine rings is 1. The van der Waals surface area contributed by atoms with Gasteiger partial charge in [0.2, 0.25) is 0 Å². The summed E-state index contributed by atoms with van der Waals surface area (Å²) in [6.45, 7) is 8.94. The van der Waals surface area contributed by atoms with Crippen molar-refractivity contribution in [3.63, 3.8) is 0 Å². The monoisotopic (exact) mass is 548 g/mol. The lowest BCUT2D eigenvalue weighted by Gasteiger charge is -2.44. The molecule has 9 nitrogen and oxygen atoms in total. The minimum Gasteiger partial charge on any atom is -0.378 e. The number of ether oxygens (including phenoxy) is 1. The number of morpholine rings is 1. The smallest absolute Gasteiger partial charge is 0.254 e. The summed E-state index contributed by atoms with van der Waals surface area (Å²) in [5.74, 6) is 1.34. The molecule has 0 N–H and O–H groups in total. The van der Waals surface area contributed by atoms with Gasteiger partial charge >= 0.3 is 0 Å². The Labute approximate surface area is 231 Å². The van der Waals surface area contributed by atoms with Gasteiger partial charge in [0.1, 0.15) is 16.7 Å². The number of likely N-dealkylation sites (tertiary alicyclic amines) is 2. The van der Waals surface area contributed by atoms with Gasteiger partial charge in [-0.1, -0.05) is 35.1 Å². The van der Waals surface area contributed by atoms with Gasteiger partial charge < -0.3 is 9.64 Å². The number of rotatable bonds is 6. The highest BCUT2D eigenvalue weighted by molar-refractivity contribution is 7.18. The van der Waals surface area contributed by atoms with E-state index < -0.39 is 6.17 Å². The van der Waals surface area contributed by atoms with Crippen LogP contribution in [-0.2, 0) is 11.3 Å². The zero-order valence-corrected chi connectivity index (χ0v) is 23.0. The fourth-order valence-electron chi connectivity index (χ4n) is 5.77. The van der Waals surface area contributed by atoms with Crippen LogP contribution in [0.4, 0.5) is 10.2 Å². The van der Waals surface area contributed by atoms with Crippen LogP contribution in [0.2, 0.25) is 0 Å². The largest absolute Gasteiger partial charge is 0.378 e. The summed E-state index contributed by atoms with van der Waals surface area (Å²) in [7, 11) is 0. The Bertz CT molecular complexity index is 1460. The summed E-state index contributed by atoms with van der Waals surface area (Å²) < 4.78 is 22.4. The SMILES string of the molecule is Cc1cccc(-c2ccn(-c3nc(N4CCOCC4)c4nc(CN5CCC(N6CCC6)C(F)C5)sc4n3)n2)c1. The summed E-state index contributed by atoms with van der Waals surface area (Å²) in [5.41, 5.74) is 3.93. The Hall–Kier alpha value is -2.99. The molecule has 3 aliphatic heterocycles. The lowest BCUT2D eigenvalue weighted by Crippen LogP contribution is -2.56. The molecule has 0 amide bonds. The Balaban J connectivity index is 1.18. The van der Waals surface area contributed by atoms with Gasteiger partial charge in [0.05, 0.1) is 25.5 Å². The molecule has 3 aliphatic rings. The van der Waals surface area contributed by atoms with Crippen LogP contribution < -0.4 is 4.90 Å². The molecule has 7 rings (SSSR count). The molecule has 0 aliphatic carbocycles. The first-order valence-electron chi connectivity index (χ1n) is 13.8. The summed E-state index contributed by atoms with van der Waals surface area (Å²) in [4.78, 5) is 22.4. The molecule has 3 saturated heterocycles. The number of hydrogen-bond donors (Lipinski definition) is 0. The second-order valence-corrected chi connectivity index (χ2v) is 11.8. The Morgan fingerprint density at radius 2 is 1.92 bits per heavy atom. The molecule has 6 heterocycles. The second-order valence-electron chi connectivity index (χ2n) is 10.7. The van der Waals surface area contributed by atoms with Crippen molar-refractivity contribution >= 4 is 27.5 Å². The van der Waals surface area contributed by atoms with Gasteiger partial charge in [-0.15, -0.1) is 0 Å². The summed E-state index contributed by atoms with van der Waals surface area (Å²) >= 11 is 1.57. The standard InChI is InChI=1S/C28H33FN8OS/c1-19-4-2-5-20(16-19)22-6-11-37(33-22)28-31-26(36-12-14-38-15-13-36)25-27(32-28)39-24(30-25)18-34-10-7-23(21(29)17-34)35-8-3-9-35/h2,4-6,11,16,21,23H,3,7-10,12-15,17-18H2,1H3. The lowest BCUT2D eigenvalue weighted by atomic mass is 9.98. The Morgan fingerprint density at radius 1 is 1.05 bits per heavy atom. The number of aromatic nitrogens is 5. The second kappa shape index (κ2) is 10.5. The van der Waals surface area contributed by atoms with E-state index in [0.29, 0.717) is 32.3 Å². The van der Waals surface area contributed by atoms with Gasteiger partial charge in [0.15, 0.2) is 10.6 Å². The first kappa shape index (κ1) is 25.0. The van der Waals surface area contributed by atoms with Crippen molar-refractivity contribution < 1.29 is 9.13 Å². The van der Waals surface area contributed by atoms with Crippen molar-refractivity contribution in [1.82, 2.24) is 34.5 Å². The predicted octanol–water partition coefficient (Wildman–Crippen LogP) is 3.70. The van der Waals surface area contributed by atoms with E-state index in [1.54, 1.807) is 16.0 Å². The van der Waals surface area contributed by atoms with Crippen molar-refractivity contribution in [1.29, 1.82) is 0 Å². The first-order chi connectivity index (χ1) is 19.1. The van der Waals surface area contributed by atoms with Crippen LogP contribution >= 0.6 is 11.3 Å². The molecule has 0 saturated carbocycles. The van der Waals surface area contributed by atoms with E-state index in [0.717, 1.165) is 71.6 Å². The molecular weight excluding hydrogens is 515 g/mol. The maximum Gasteiger partial charge on any atom is 0.254 e. The van der Waals surface area contributed by atoms with Crippen LogP contribution in [0.3, 0.4) is 0 Å². The average molecular weight is 549 g/mol. The minimum absolute atomic E-state index is 0.0745. The van der Waals surface area contributed by atoms with Crippen LogP contribution in [0.15, 0.2) is 36.5 Å². The van der Waals surface area contributed by atoms with Gasteiger partial charge in [-0.25, -0.2) is 14.1 Å². The number of benzene rings is 1. The molecule has 4 aromatic rings. The Morgan fingerprint density at radius 3 is 2.69 bits per heavy atom. The van der Waals surface area contributed by atoms with Crippen LogP contribution in [-0.4, -0.2) is 99.2 Å². The molecule has 11 heteroatoms. The minimum atomic E-state index is -0.814. The van der Waals surface area contributed by atoms with Crippen LogP contribution in [0.25, 0.3) is 27.6 Å². The zero-order chi connectivity index (χ0) is 26.3.